The number of hydrogen-bond acceptors (Lipinski definition) is 7. The molecule has 27 heavy (non-hydrogen) atoms. The average Bonchev–Trinajstić information content (AvgIpc) is 3.19. The van der Waals surface area contributed by atoms with E-state index in [1.54, 1.807) is 37.4 Å². The molecule has 136 valence electrons. The third-order valence-electron chi connectivity index (χ3n) is 4.30. The Balaban J connectivity index is 1.91. The molecule has 4 rings (SSSR count). The lowest BCUT2D eigenvalue weighted by Crippen LogP contribution is -2.22. The minimum absolute atomic E-state index is 0.150. The normalized spacial score (nSPS) is 11.2. The SMILES string of the molecule is Cn1c([N+](=O)[O-])cnc1-c1nn(C)c2ncn(Cc3cccnc3)c(=N)c12. The van der Waals surface area contributed by atoms with Crippen LogP contribution in [0.1, 0.15) is 5.56 Å². The summed E-state index contributed by atoms with van der Waals surface area (Å²) in [6.45, 7) is 0.421. The van der Waals surface area contributed by atoms with E-state index in [2.05, 4.69) is 20.1 Å². The van der Waals surface area contributed by atoms with Crippen molar-refractivity contribution < 1.29 is 4.92 Å². The van der Waals surface area contributed by atoms with Crippen molar-refractivity contribution in [3.63, 3.8) is 0 Å². The molecule has 4 aromatic heterocycles. The van der Waals surface area contributed by atoms with Crippen molar-refractivity contribution in [1.29, 1.82) is 5.41 Å². The Morgan fingerprint density at radius 1 is 1.26 bits per heavy atom. The van der Waals surface area contributed by atoms with Gasteiger partial charge in [-0.25, -0.2) is 19.2 Å². The maximum absolute atomic E-state index is 11.1. The van der Waals surface area contributed by atoms with E-state index in [4.69, 9.17) is 5.41 Å². The van der Waals surface area contributed by atoms with Crippen LogP contribution in [0.15, 0.2) is 37.1 Å². The van der Waals surface area contributed by atoms with Crippen LogP contribution in [0.2, 0.25) is 0 Å². The zero-order valence-electron chi connectivity index (χ0n) is 14.6. The van der Waals surface area contributed by atoms with E-state index in [-0.39, 0.29) is 11.3 Å². The summed E-state index contributed by atoms with van der Waals surface area (Å²) in [5, 5.41) is 24.6. The maximum atomic E-state index is 11.1. The van der Waals surface area contributed by atoms with Crippen LogP contribution in [0.25, 0.3) is 22.6 Å². The third-order valence-corrected chi connectivity index (χ3v) is 4.30. The summed E-state index contributed by atoms with van der Waals surface area (Å²) >= 11 is 0. The molecule has 0 unspecified atom stereocenters. The number of fused-ring (bicyclic) bond motifs is 1. The molecule has 11 heteroatoms. The van der Waals surface area contributed by atoms with E-state index in [1.165, 1.54) is 15.4 Å². The Morgan fingerprint density at radius 2 is 2.07 bits per heavy atom. The number of nitrogens with one attached hydrogen (secondary N) is 1. The number of aromatic nitrogens is 7. The Hall–Kier alpha value is -3.89. The zero-order chi connectivity index (χ0) is 19.1. The van der Waals surface area contributed by atoms with Gasteiger partial charge in [0.05, 0.1) is 25.3 Å². The number of imidazole rings is 1. The number of hydrogen-bond donors (Lipinski definition) is 1. The third kappa shape index (κ3) is 2.65. The monoisotopic (exact) mass is 365 g/mol. The first-order valence-electron chi connectivity index (χ1n) is 7.99. The van der Waals surface area contributed by atoms with Crippen LogP contribution in [0.3, 0.4) is 0 Å². The summed E-state index contributed by atoms with van der Waals surface area (Å²) in [6.07, 6.45) is 6.16. The summed E-state index contributed by atoms with van der Waals surface area (Å²) in [5.74, 6) is 0.157. The Morgan fingerprint density at radius 3 is 2.74 bits per heavy atom. The minimum atomic E-state index is -0.510. The number of rotatable bonds is 4. The smallest absolute Gasteiger partial charge is 0.342 e. The Bertz CT molecular complexity index is 1220. The minimum Gasteiger partial charge on any atom is -0.358 e. The van der Waals surface area contributed by atoms with Crippen molar-refractivity contribution in [3.8, 4) is 11.5 Å². The van der Waals surface area contributed by atoms with Crippen LogP contribution >= 0.6 is 0 Å². The van der Waals surface area contributed by atoms with Gasteiger partial charge in [-0.3, -0.25) is 10.4 Å². The first-order valence-corrected chi connectivity index (χ1v) is 7.99. The van der Waals surface area contributed by atoms with Crippen LogP contribution in [0, 0.1) is 15.5 Å². The fourth-order valence-corrected chi connectivity index (χ4v) is 2.96. The summed E-state index contributed by atoms with van der Waals surface area (Å²) in [7, 11) is 3.26. The average molecular weight is 365 g/mol. The lowest BCUT2D eigenvalue weighted by Gasteiger charge is -2.07. The molecule has 0 radical (unpaired) electrons. The molecule has 0 aromatic carbocycles. The van der Waals surface area contributed by atoms with Gasteiger partial charge in [0.25, 0.3) is 0 Å². The van der Waals surface area contributed by atoms with Crippen LogP contribution in [0.5, 0.6) is 0 Å². The van der Waals surface area contributed by atoms with E-state index < -0.39 is 4.92 Å². The number of pyridine rings is 1. The fraction of sp³-hybridized carbons (Fsp3) is 0.188. The summed E-state index contributed by atoms with van der Waals surface area (Å²) in [4.78, 5) is 23.2. The molecular formula is C16H15N9O2. The number of aryl methyl sites for hydroxylation is 1. The van der Waals surface area contributed by atoms with E-state index in [0.29, 0.717) is 29.1 Å². The van der Waals surface area contributed by atoms with Crippen molar-refractivity contribution in [1.82, 2.24) is 33.9 Å². The topological polar surface area (TPSA) is 133 Å². The highest BCUT2D eigenvalue weighted by Crippen LogP contribution is 2.25. The van der Waals surface area contributed by atoms with Crippen LogP contribution in [-0.4, -0.2) is 38.8 Å². The molecular weight excluding hydrogens is 350 g/mol. The molecule has 0 aliphatic rings. The van der Waals surface area contributed by atoms with E-state index >= 15 is 0 Å². The van der Waals surface area contributed by atoms with Gasteiger partial charge in [-0.1, -0.05) is 6.07 Å². The molecule has 4 heterocycles. The summed E-state index contributed by atoms with van der Waals surface area (Å²) < 4.78 is 4.55. The molecule has 0 aliphatic heterocycles. The number of nitrogens with zero attached hydrogens (tertiary/aromatic N) is 8. The van der Waals surface area contributed by atoms with E-state index in [1.807, 2.05) is 12.1 Å². The van der Waals surface area contributed by atoms with Crippen LogP contribution < -0.4 is 5.49 Å². The van der Waals surface area contributed by atoms with Crippen molar-refractivity contribution in [2.75, 3.05) is 0 Å². The van der Waals surface area contributed by atoms with Crippen molar-refractivity contribution in [2.24, 2.45) is 14.1 Å². The predicted molar refractivity (Wildman–Crippen MR) is 94.5 cm³/mol. The quantitative estimate of drug-likeness (QED) is 0.424. The predicted octanol–water partition coefficient (Wildman–Crippen LogP) is 1.00. The lowest BCUT2D eigenvalue weighted by molar-refractivity contribution is -0.391. The second kappa shape index (κ2) is 6.12. The van der Waals surface area contributed by atoms with Gasteiger partial charge in [0.2, 0.25) is 5.82 Å². The molecule has 4 aromatic rings. The second-order valence-electron chi connectivity index (χ2n) is 6.01. The Kier molecular flexibility index (Phi) is 3.76. The van der Waals surface area contributed by atoms with Gasteiger partial charge in [0.15, 0.2) is 11.3 Å². The highest BCUT2D eigenvalue weighted by atomic mass is 16.6. The second-order valence-corrected chi connectivity index (χ2v) is 6.01. The summed E-state index contributed by atoms with van der Waals surface area (Å²) in [5.41, 5.74) is 2.00. The van der Waals surface area contributed by atoms with Gasteiger partial charge in [-0.2, -0.15) is 5.10 Å². The molecule has 0 saturated heterocycles. The van der Waals surface area contributed by atoms with Crippen LogP contribution in [0.4, 0.5) is 5.82 Å². The molecule has 0 bridgehead atoms. The highest BCUT2D eigenvalue weighted by Gasteiger charge is 2.24. The Labute approximate surface area is 152 Å². The number of nitro groups is 1. The van der Waals surface area contributed by atoms with Gasteiger partial charge in [-0.15, -0.1) is 0 Å². The highest BCUT2D eigenvalue weighted by molar-refractivity contribution is 5.88. The summed E-state index contributed by atoms with van der Waals surface area (Å²) in [6, 6.07) is 3.74. The van der Waals surface area contributed by atoms with Gasteiger partial charge in [0.1, 0.15) is 11.7 Å². The van der Waals surface area contributed by atoms with Gasteiger partial charge in [-0.05, 0) is 16.6 Å². The molecule has 0 fully saturated rings. The maximum Gasteiger partial charge on any atom is 0.342 e. The van der Waals surface area contributed by atoms with E-state index in [9.17, 15) is 10.1 Å². The molecule has 0 aliphatic carbocycles. The molecule has 11 nitrogen and oxygen atoms in total. The molecule has 0 atom stereocenters. The molecule has 0 spiro atoms. The molecule has 0 saturated carbocycles. The first kappa shape index (κ1) is 16.6. The van der Waals surface area contributed by atoms with Crippen LogP contribution in [-0.2, 0) is 20.6 Å². The molecule has 1 N–H and O–H groups in total. The molecule has 0 amide bonds. The first-order chi connectivity index (χ1) is 13.0. The van der Waals surface area contributed by atoms with Crippen molar-refractivity contribution in [2.45, 2.75) is 6.54 Å². The standard InChI is InChI=1S/C16H15N9O2/c1-22-11(25(26)27)7-19-16(22)13-12-14(17)24(8-10-4-3-5-18-6-10)9-20-15(12)23(2)21-13/h3-7,9,17H,8H2,1-2H3. The van der Waals surface area contributed by atoms with E-state index in [0.717, 1.165) is 5.56 Å². The van der Waals surface area contributed by atoms with Crippen molar-refractivity contribution in [3.05, 3.63) is 58.2 Å². The van der Waals surface area contributed by atoms with Gasteiger partial charge >= 0.3 is 5.82 Å². The van der Waals surface area contributed by atoms with Gasteiger partial charge in [0, 0.05) is 19.4 Å². The zero-order valence-corrected chi connectivity index (χ0v) is 14.6. The fourth-order valence-electron chi connectivity index (χ4n) is 2.96. The van der Waals surface area contributed by atoms with Crippen molar-refractivity contribution >= 4 is 16.9 Å². The van der Waals surface area contributed by atoms with Gasteiger partial charge < -0.3 is 14.7 Å². The largest absolute Gasteiger partial charge is 0.358 e. The lowest BCUT2D eigenvalue weighted by atomic mass is 10.2.